The zero-order valence-corrected chi connectivity index (χ0v) is 11.9. The van der Waals surface area contributed by atoms with Gasteiger partial charge in [0.1, 0.15) is 18.1 Å². The molecule has 0 saturated heterocycles. The van der Waals surface area contributed by atoms with Gasteiger partial charge in [0.05, 0.1) is 19.4 Å². The number of halogens is 3. The molecule has 0 fully saturated rings. The van der Waals surface area contributed by atoms with Gasteiger partial charge in [0.15, 0.2) is 5.96 Å². The zero-order chi connectivity index (χ0) is 16.0. The number of furan rings is 1. The number of nitrogens with zero attached hydrogens (tertiary/aromatic N) is 3. The molecule has 2 heterocycles. The molecule has 0 bridgehead atoms. The van der Waals surface area contributed by atoms with Gasteiger partial charge in [-0.15, -0.1) is 0 Å². The molecule has 6 nitrogen and oxygen atoms in total. The average Bonchev–Trinajstić information content (AvgIpc) is 3.09. The van der Waals surface area contributed by atoms with E-state index in [-0.39, 0.29) is 12.4 Å². The van der Waals surface area contributed by atoms with E-state index in [1.54, 1.807) is 25.4 Å². The fraction of sp³-hybridized carbons (Fsp3) is 0.385. The van der Waals surface area contributed by atoms with Crippen LogP contribution >= 0.6 is 0 Å². The summed E-state index contributed by atoms with van der Waals surface area (Å²) < 4.78 is 43.5. The summed E-state index contributed by atoms with van der Waals surface area (Å²) in [5, 5.41) is 5.89. The lowest BCUT2D eigenvalue weighted by atomic mass is 10.4. The molecule has 2 rings (SSSR count). The number of alkyl halides is 3. The number of guanidine groups is 1. The molecular formula is C13H16F3N5O. The van der Waals surface area contributed by atoms with Crippen LogP contribution in [-0.2, 0) is 19.6 Å². The molecule has 0 aliphatic carbocycles. The van der Waals surface area contributed by atoms with E-state index in [2.05, 4.69) is 20.6 Å². The van der Waals surface area contributed by atoms with Crippen molar-refractivity contribution in [3.8, 4) is 0 Å². The van der Waals surface area contributed by atoms with E-state index in [4.69, 9.17) is 4.42 Å². The van der Waals surface area contributed by atoms with Crippen molar-refractivity contribution in [2.24, 2.45) is 4.99 Å². The molecule has 0 atom stereocenters. The predicted octanol–water partition coefficient (Wildman–Crippen LogP) is 1.90. The van der Waals surface area contributed by atoms with Crippen LogP contribution in [-0.4, -0.2) is 28.7 Å². The highest BCUT2D eigenvalue weighted by atomic mass is 19.4. The fourth-order valence-electron chi connectivity index (χ4n) is 1.81. The molecule has 0 radical (unpaired) electrons. The van der Waals surface area contributed by atoms with Crippen molar-refractivity contribution in [2.45, 2.75) is 25.8 Å². The maximum absolute atomic E-state index is 12.4. The minimum atomic E-state index is -4.28. The number of rotatable bonds is 5. The van der Waals surface area contributed by atoms with Gasteiger partial charge < -0.3 is 19.6 Å². The van der Waals surface area contributed by atoms with Gasteiger partial charge in [-0.05, 0) is 12.1 Å². The van der Waals surface area contributed by atoms with Crippen LogP contribution in [0.3, 0.4) is 0 Å². The number of imidazole rings is 1. The Morgan fingerprint density at radius 3 is 2.77 bits per heavy atom. The maximum atomic E-state index is 12.4. The lowest BCUT2D eigenvalue weighted by molar-refractivity contribution is -0.141. The minimum Gasteiger partial charge on any atom is -0.467 e. The monoisotopic (exact) mass is 315 g/mol. The van der Waals surface area contributed by atoms with E-state index in [0.717, 1.165) is 10.3 Å². The van der Waals surface area contributed by atoms with Crippen LogP contribution in [0, 0.1) is 0 Å². The lowest BCUT2D eigenvalue weighted by Crippen LogP contribution is -2.37. The van der Waals surface area contributed by atoms with Crippen LogP contribution in [0.5, 0.6) is 0 Å². The summed E-state index contributed by atoms with van der Waals surface area (Å²) >= 11 is 0. The Balaban J connectivity index is 1.87. The van der Waals surface area contributed by atoms with Crippen molar-refractivity contribution in [1.29, 1.82) is 0 Å². The summed E-state index contributed by atoms with van der Waals surface area (Å²) in [4.78, 5) is 7.90. The summed E-state index contributed by atoms with van der Waals surface area (Å²) in [5.41, 5.74) is 0. The van der Waals surface area contributed by atoms with E-state index >= 15 is 0 Å². The summed E-state index contributed by atoms with van der Waals surface area (Å²) in [6.07, 6.45) is -0.0961. The van der Waals surface area contributed by atoms with Crippen LogP contribution in [0.15, 0.2) is 40.2 Å². The summed E-state index contributed by atoms with van der Waals surface area (Å²) in [6, 6.07) is 3.57. The number of aliphatic imine (C=N–C) groups is 1. The quantitative estimate of drug-likeness (QED) is 0.653. The fourth-order valence-corrected chi connectivity index (χ4v) is 1.81. The van der Waals surface area contributed by atoms with E-state index in [1.165, 1.54) is 12.4 Å². The molecule has 0 spiro atoms. The lowest BCUT2D eigenvalue weighted by Gasteiger charge is -2.13. The Morgan fingerprint density at radius 2 is 2.14 bits per heavy atom. The Kier molecular flexibility index (Phi) is 5.08. The van der Waals surface area contributed by atoms with Crippen LogP contribution in [0.1, 0.15) is 11.6 Å². The Labute approximate surface area is 125 Å². The van der Waals surface area contributed by atoms with E-state index < -0.39 is 12.7 Å². The summed E-state index contributed by atoms with van der Waals surface area (Å²) in [6.45, 7) is -0.521. The molecule has 2 aromatic rings. The molecular weight excluding hydrogens is 299 g/mol. The van der Waals surface area contributed by atoms with Gasteiger partial charge in [0.2, 0.25) is 0 Å². The van der Waals surface area contributed by atoms with Crippen molar-refractivity contribution in [3.05, 3.63) is 42.4 Å². The topological polar surface area (TPSA) is 67.4 Å². The van der Waals surface area contributed by atoms with Gasteiger partial charge in [-0.3, -0.25) is 4.99 Å². The van der Waals surface area contributed by atoms with E-state index in [0.29, 0.717) is 12.5 Å². The third-order valence-corrected chi connectivity index (χ3v) is 2.80. The normalized spacial score (nSPS) is 12.5. The molecule has 9 heteroatoms. The molecule has 0 unspecified atom stereocenters. The van der Waals surface area contributed by atoms with E-state index in [9.17, 15) is 13.2 Å². The summed E-state index contributed by atoms with van der Waals surface area (Å²) in [7, 11) is 1.57. The van der Waals surface area contributed by atoms with Crippen LogP contribution in [0.4, 0.5) is 13.2 Å². The second kappa shape index (κ2) is 7.01. The molecule has 0 amide bonds. The maximum Gasteiger partial charge on any atom is 0.406 e. The predicted molar refractivity (Wildman–Crippen MR) is 74.0 cm³/mol. The number of nitrogens with one attached hydrogen (secondary N) is 2. The Hall–Kier alpha value is -2.45. The molecule has 0 aliphatic heterocycles. The molecule has 2 N–H and O–H groups in total. The van der Waals surface area contributed by atoms with Crippen molar-refractivity contribution in [3.63, 3.8) is 0 Å². The highest BCUT2D eigenvalue weighted by molar-refractivity contribution is 5.79. The first-order valence-corrected chi connectivity index (χ1v) is 6.51. The standard InChI is InChI=1S/C13H16F3N5O/c1-17-12(19-7-10-3-2-6-22-10)20-8-11-18-4-5-21(11)9-13(14,15)16/h2-6H,7-9H2,1H3,(H2,17,19,20). The van der Waals surface area contributed by atoms with E-state index in [1.807, 2.05) is 0 Å². The first kappa shape index (κ1) is 15.9. The second-order valence-electron chi connectivity index (χ2n) is 4.45. The molecule has 0 saturated carbocycles. The van der Waals surface area contributed by atoms with Crippen molar-refractivity contribution < 1.29 is 17.6 Å². The van der Waals surface area contributed by atoms with Crippen LogP contribution in [0.25, 0.3) is 0 Å². The van der Waals surface area contributed by atoms with Gasteiger partial charge in [-0.2, -0.15) is 13.2 Å². The average molecular weight is 315 g/mol. The van der Waals surface area contributed by atoms with Gasteiger partial charge >= 0.3 is 6.18 Å². The Morgan fingerprint density at radius 1 is 1.36 bits per heavy atom. The van der Waals surface area contributed by atoms with Gasteiger partial charge in [-0.25, -0.2) is 4.98 Å². The van der Waals surface area contributed by atoms with Crippen molar-refractivity contribution >= 4 is 5.96 Å². The van der Waals surface area contributed by atoms with Gasteiger partial charge in [0, 0.05) is 19.4 Å². The van der Waals surface area contributed by atoms with Crippen molar-refractivity contribution in [2.75, 3.05) is 7.05 Å². The first-order chi connectivity index (χ1) is 10.5. The first-order valence-electron chi connectivity index (χ1n) is 6.51. The van der Waals surface area contributed by atoms with Crippen LogP contribution < -0.4 is 10.6 Å². The number of aromatic nitrogens is 2. The highest BCUT2D eigenvalue weighted by Gasteiger charge is 2.28. The smallest absolute Gasteiger partial charge is 0.406 e. The molecule has 0 aromatic carbocycles. The van der Waals surface area contributed by atoms with Crippen molar-refractivity contribution in [1.82, 2.24) is 20.2 Å². The molecule has 2 aromatic heterocycles. The largest absolute Gasteiger partial charge is 0.467 e. The highest BCUT2D eigenvalue weighted by Crippen LogP contribution is 2.18. The Bertz CT molecular complexity index is 603. The van der Waals surface area contributed by atoms with Crippen LogP contribution in [0.2, 0.25) is 0 Å². The third-order valence-electron chi connectivity index (χ3n) is 2.80. The second-order valence-corrected chi connectivity index (χ2v) is 4.45. The molecule has 0 aliphatic rings. The zero-order valence-electron chi connectivity index (χ0n) is 11.9. The third kappa shape index (κ3) is 4.83. The molecule has 120 valence electrons. The van der Waals surface area contributed by atoms with Gasteiger partial charge in [0.25, 0.3) is 0 Å². The number of hydrogen-bond donors (Lipinski definition) is 2. The molecule has 22 heavy (non-hydrogen) atoms. The van der Waals surface area contributed by atoms with Gasteiger partial charge in [-0.1, -0.05) is 0 Å². The minimum absolute atomic E-state index is 0.126. The summed E-state index contributed by atoms with van der Waals surface area (Å²) in [5.74, 6) is 1.44. The number of hydrogen-bond acceptors (Lipinski definition) is 3. The SMILES string of the molecule is CN=C(NCc1ccco1)NCc1nccn1CC(F)(F)F.